The summed E-state index contributed by atoms with van der Waals surface area (Å²) in [5.41, 5.74) is 3.52. The number of rotatable bonds is 0. The minimum atomic E-state index is -0.334. The van der Waals surface area contributed by atoms with Crippen molar-refractivity contribution in [2.75, 3.05) is 0 Å². The minimum absolute atomic E-state index is 0.148. The summed E-state index contributed by atoms with van der Waals surface area (Å²) in [6.07, 6.45) is 3.36. The van der Waals surface area contributed by atoms with E-state index in [4.69, 9.17) is 0 Å². The van der Waals surface area contributed by atoms with Gasteiger partial charge < -0.3 is 5.11 Å². The van der Waals surface area contributed by atoms with Crippen molar-refractivity contribution in [3.63, 3.8) is 0 Å². The molecule has 0 aromatic carbocycles. The van der Waals surface area contributed by atoms with Crippen LogP contribution in [0.3, 0.4) is 0 Å². The van der Waals surface area contributed by atoms with Crippen LogP contribution in [0.1, 0.15) is 50.1 Å². The molecule has 0 aliphatic heterocycles. The third kappa shape index (κ3) is 1.55. The molecule has 0 amide bonds. The highest BCUT2D eigenvalue weighted by Crippen LogP contribution is 2.32. The highest BCUT2D eigenvalue weighted by atomic mass is 16.3. The number of hydrogen-bond donors (Lipinski definition) is 1. The molecule has 14 heavy (non-hydrogen) atoms. The van der Waals surface area contributed by atoms with Crippen molar-refractivity contribution >= 4 is 0 Å². The van der Waals surface area contributed by atoms with Gasteiger partial charge in [-0.3, -0.25) is 4.98 Å². The van der Waals surface area contributed by atoms with Gasteiger partial charge in [0.25, 0.3) is 0 Å². The van der Waals surface area contributed by atoms with Crippen molar-refractivity contribution in [1.29, 1.82) is 0 Å². The van der Waals surface area contributed by atoms with E-state index >= 15 is 0 Å². The maximum Gasteiger partial charge on any atom is 0.0965 e. The van der Waals surface area contributed by atoms with E-state index in [0.29, 0.717) is 0 Å². The molecule has 2 nitrogen and oxygen atoms in total. The van der Waals surface area contributed by atoms with E-state index in [9.17, 15) is 5.11 Å². The van der Waals surface area contributed by atoms with Crippen LogP contribution in [-0.2, 0) is 11.8 Å². The van der Waals surface area contributed by atoms with Crippen LogP contribution < -0.4 is 0 Å². The van der Waals surface area contributed by atoms with Crippen LogP contribution in [0.15, 0.2) is 12.3 Å². The fraction of sp³-hybridized carbons (Fsp3) is 0.583. The monoisotopic (exact) mass is 191 g/mol. The summed E-state index contributed by atoms with van der Waals surface area (Å²) in [6, 6.07) is 2.19. The van der Waals surface area contributed by atoms with Crippen LogP contribution in [-0.4, -0.2) is 10.1 Å². The molecule has 1 unspecified atom stereocenters. The molecule has 1 heterocycles. The summed E-state index contributed by atoms with van der Waals surface area (Å²) in [5, 5.41) is 9.61. The number of pyridine rings is 1. The fourth-order valence-corrected chi connectivity index (χ4v) is 1.86. The molecule has 0 saturated carbocycles. The Hall–Kier alpha value is -0.890. The Morgan fingerprint density at radius 2 is 2.14 bits per heavy atom. The molecule has 76 valence electrons. The Morgan fingerprint density at radius 1 is 1.43 bits per heavy atom. The Morgan fingerprint density at radius 3 is 2.79 bits per heavy atom. The second-order valence-corrected chi connectivity index (χ2v) is 5.07. The van der Waals surface area contributed by atoms with Crippen molar-refractivity contribution in [2.45, 2.75) is 45.1 Å². The molecule has 0 fully saturated rings. The SMILES string of the molecule is CC(C)(C)c1cnc2c(c1)CCC2O. The van der Waals surface area contributed by atoms with Crippen molar-refractivity contribution in [2.24, 2.45) is 0 Å². The summed E-state index contributed by atoms with van der Waals surface area (Å²) in [5.74, 6) is 0. The smallest absolute Gasteiger partial charge is 0.0965 e. The van der Waals surface area contributed by atoms with E-state index < -0.39 is 0 Å². The summed E-state index contributed by atoms with van der Waals surface area (Å²) in [7, 11) is 0. The number of aryl methyl sites for hydroxylation is 1. The zero-order valence-corrected chi connectivity index (χ0v) is 9.04. The fourth-order valence-electron chi connectivity index (χ4n) is 1.86. The third-order valence-electron chi connectivity index (χ3n) is 2.87. The number of fused-ring (bicyclic) bond motifs is 1. The second-order valence-electron chi connectivity index (χ2n) is 5.07. The Bertz CT molecular complexity index is 352. The van der Waals surface area contributed by atoms with E-state index in [-0.39, 0.29) is 11.5 Å². The van der Waals surface area contributed by atoms with Gasteiger partial charge in [-0.05, 0) is 29.4 Å². The minimum Gasteiger partial charge on any atom is -0.387 e. The summed E-state index contributed by atoms with van der Waals surface area (Å²) < 4.78 is 0. The highest BCUT2D eigenvalue weighted by Gasteiger charge is 2.24. The van der Waals surface area contributed by atoms with Crippen LogP contribution >= 0.6 is 0 Å². The molecule has 1 aromatic rings. The standard InChI is InChI=1S/C12H17NO/c1-12(2,3)9-6-8-4-5-10(14)11(8)13-7-9/h6-7,10,14H,4-5H2,1-3H3. The van der Waals surface area contributed by atoms with Gasteiger partial charge in [0.05, 0.1) is 11.8 Å². The first kappa shape index (κ1) is 9.66. The average molecular weight is 191 g/mol. The lowest BCUT2D eigenvalue weighted by atomic mass is 9.87. The molecule has 0 spiro atoms. The molecule has 0 radical (unpaired) electrons. The van der Waals surface area contributed by atoms with Crippen LogP contribution in [0.4, 0.5) is 0 Å². The molecular formula is C12H17NO. The van der Waals surface area contributed by atoms with Crippen LogP contribution in [0.5, 0.6) is 0 Å². The van der Waals surface area contributed by atoms with Gasteiger partial charge in [0.15, 0.2) is 0 Å². The predicted octanol–water partition coefficient (Wildman–Crippen LogP) is 2.36. The van der Waals surface area contributed by atoms with Gasteiger partial charge >= 0.3 is 0 Å². The maximum absolute atomic E-state index is 9.61. The van der Waals surface area contributed by atoms with Gasteiger partial charge in [-0.25, -0.2) is 0 Å². The zero-order chi connectivity index (χ0) is 10.3. The first-order valence-electron chi connectivity index (χ1n) is 5.16. The van der Waals surface area contributed by atoms with E-state index in [1.54, 1.807) is 0 Å². The van der Waals surface area contributed by atoms with E-state index in [1.165, 1.54) is 11.1 Å². The van der Waals surface area contributed by atoms with Gasteiger partial charge in [0, 0.05) is 6.20 Å². The summed E-state index contributed by atoms with van der Waals surface area (Å²) in [4.78, 5) is 4.36. The van der Waals surface area contributed by atoms with E-state index in [1.807, 2.05) is 6.20 Å². The zero-order valence-electron chi connectivity index (χ0n) is 9.04. The largest absolute Gasteiger partial charge is 0.387 e. The number of aromatic nitrogens is 1. The molecule has 1 aliphatic rings. The van der Waals surface area contributed by atoms with Gasteiger partial charge in [0.1, 0.15) is 0 Å². The van der Waals surface area contributed by atoms with Crippen molar-refractivity contribution in [1.82, 2.24) is 4.98 Å². The normalized spacial score (nSPS) is 21.0. The van der Waals surface area contributed by atoms with Crippen LogP contribution in [0.2, 0.25) is 0 Å². The van der Waals surface area contributed by atoms with Gasteiger partial charge in [0.2, 0.25) is 0 Å². The van der Waals surface area contributed by atoms with Crippen LogP contribution in [0, 0.1) is 0 Å². The molecule has 1 aliphatic carbocycles. The summed E-state index contributed by atoms with van der Waals surface area (Å²) >= 11 is 0. The lowest BCUT2D eigenvalue weighted by Crippen LogP contribution is -2.12. The van der Waals surface area contributed by atoms with Crippen LogP contribution in [0.25, 0.3) is 0 Å². The third-order valence-corrected chi connectivity index (χ3v) is 2.87. The molecule has 0 bridgehead atoms. The number of aliphatic hydroxyl groups excluding tert-OH is 1. The molecule has 2 heteroatoms. The van der Waals surface area contributed by atoms with E-state index in [2.05, 4.69) is 31.8 Å². The lowest BCUT2D eigenvalue weighted by molar-refractivity contribution is 0.176. The second kappa shape index (κ2) is 3.06. The molecule has 0 saturated heterocycles. The van der Waals surface area contributed by atoms with Gasteiger partial charge in [-0.1, -0.05) is 26.8 Å². The van der Waals surface area contributed by atoms with Gasteiger partial charge in [-0.2, -0.15) is 0 Å². The van der Waals surface area contributed by atoms with E-state index in [0.717, 1.165) is 18.5 Å². The molecule has 1 aromatic heterocycles. The molecular weight excluding hydrogens is 174 g/mol. The summed E-state index contributed by atoms with van der Waals surface area (Å²) in [6.45, 7) is 6.55. The van der Waals surface area contributed by atoms with Gasteiger partial charge in [-0.15, -0.1) is 0 Å². The first-order chi connectivity index (χ1) is 6.48. The molecule has 1 atom stereocenters. The maximum atomic E-state index is 9.61. The number of nitrogens with zero attached hydrogens (tertiary/aromatic N) is 1. The Balaban J connectivity index is 2.42. The first-order valence-corrected chi connectivity index (χ1v) is 5.16. The van der Waals surface area contributed by atoms with Crippen molar-refractivity contribution in [3.05, 3.63) is 29.1 Å². The van der Waals surface area contributed by atoms with Crippen molar-refractivity contribution in [3.8, 4) is 0 Å². The lowest BCUT2D eigenvalue weighted by Gasteiger charge is -2.19. The number of hydrogen-bond acceptors (Lipinski definition) is 2. The van der Waals surface area contributed by atoms with Crippen molar-refractivity contribution < 1.29 is 5.11 Å². The predicted molar refractivity (Wildman–Crippen MR) is 56.2 cm³/mol. The highest BCUT2D eigenvalue weighted by molar-refractivity contribution is 5.33. The topological polar surface area (TPSA) is 33.1 Å². The quantitative estimate of drug-likeness (QED) is 0.683. The Labute approximate surface area is 85.0 Å². The molecule has 1 N–H and O–H groups in total. The number of aliphatic hydroxyl groups is 1. The Kier molecular flexibility index (Phi) is 2.11. The molecule has 2 rings (SSSR count). The average Bonchev–Trinajstić information content (AvgIpc) is 2.46.